The summed E-state index contributed by atoms with van der Waals surface area (Å²) in [5, 5.41) is 17.2. The second-order valence-corrected chi connectivity index (χ2v) is 4.28. The van der Waals surface area contributed by atoms with Crippen molar-refractivity contribution in [2.24, 2.45) is 5.73 Å². The number of rotatable bonds is 8. The van der Waals surface area contributed by atoms with E-state index in [1.165, 1.54) is 0 Å². The lowest BCUT2D eigenvalue weighted by molar-refractivity contribution is -0.139. The van der Waals surface area contributed by atoms with Crippen molar-refractivity contribution >= 4 is 17.9 Å². The van der Waals surface area contributed by atoms with Crippen molar-refractivity contribution < 1.29 is 24.0 Å². The van der Waals surface area contributed by atoms with Gasteiger partial charge in [0.15, 0.2) is 5.82 Å². The number of carbonyl (C=O) groups is 3. The van der Waals surface area contributed by atoms with E-state index in [0.717, 1.165) is 0 Å². The molecule has 3 amide bonds. The van der Waals surface area contributed by atoms with Crippen LogP contribution in [0.4, 0.5) is 4.79 Å². The normalized spacial score (nSPS) is 11.7. The first-order valence-electron chi connectivity index (χ1n) is 6.23. The van der Waals surface area contributed by atoms with Crippen molar-refractivity contribution in [1.82, 2.24) is 20.8 Å². The molecule has 1 rings (SSSR count). The SMILES string of the molecule is Cc1noc(CCNC(=O)N[C@H](CCC(N)=O)C(=O)O)n1. The number of hydrogen-bond acceptors (Lipinski definition) is 6. The molecule has 1 aromatic rings. The van der Waals surface area contributed by atoms with Crippen LogP contribution < -0.4 is 16.4 Å². The Balaban J connectivity index is 2.32. The maximum atomic E-state index is 11.5. The molecule has 5 N–H and O–H groups in total. The number of primary amides is 1. The van der Waals surface area contributed by atoms with Gasteiger partial charge in [0, 0.05) is 19.4 Å². The number of nitrogens with one attached hydrogen (secondary N) is 2. The number of aliphatic carboxylic acids is 1. The first-order valence-corrected chi connectivity index (χ1v) is 6.23. The molecule has 0 aliphatic rings. The molecule has 0 spiro atoms. The van der Waals surface area contributed by atoms with Gasteiger partial charge in [-0.05, 0) is 13.3 Å². The molecule has 0 saturated heterocycles. The Kier molecular flexibility index (Phi) is 6.11. The van der Waals surface area contributed by atoms with Gasteiger partial charge in [-0.2, -0.15) is 4.98 Å². The summed E-state index contributed by atoms with van der Waals surface area (Å²) < 4.78 is 4.85. The van der Waals surface area contributed by atoms with Gasteiger partial charge >= 0.3 is 12.0 Å². The van der Waals surface area contributed by atoms with E-state index in [1.54, 1.807) is 6.92 Å². The number of amides is 3. The quantitative estimate of drug-likeness (QED) is 0.475. The number of hydrogen-bond donors (Lipinski definition) is 4. The van der Waals surface area contributed by atoms with Gasteiger partial charge in [0.2, 0.25) is 11.8 Å². The van der Waals surface area contributed by atoms with Crippen LogP contribution in [0.1, 0.15) is 24.6 Å². The maximum Gasteiger partial charge on any atom is 0.326 e. The molecule has 0 aliphatic carbocycles. The number of nitrogens with two attached hydrogens (primary N) is 1. The fourth-order valence-electron chi connectivity index (χ4n) is 1.48. The Hall–Kier alpha value is -2.65. The molecule has 1 atom stereocenters. The summed E-state index contributed by atoms with van der Waals surface area (Å²) in [5.41, 5.74) is 4.93. The summed E-state index contributed by atoms with van der Waals surface area (Å²) in [4.78, 5) is 37.0. The van der Waals surface area contributed by atoms with Gasteiger partial charge in [0.05, 0.1) is 0 Å². The predicted octanol–water partition coefficient (Wildman–Crippen LogP) is -1.06. The van der Waals surface area contributed by atoms with Gasteiger partial charge < -0.3 is 26.0 Å². The monoisotopic (exact) mass is 299 g/mol. The highest BCUT2D eigenvalue weighted by Crippen LogP contribution is 1.98. The van der Waals surface area contributed by atoms with E-state index in [-0.39, 0.29) is 19.4 Å². The average molecular weight is 299 g/mol. The molecule has 0 radical (unpaired) electrons. The van der Waals surface area contributed by atoms with Crippen LogP contribution in [0, 0.1) is 6.92 Å². The van der Waals surface area contributed by atoms with Crippen LogP contribution >= 0.6 is 0 Å². The number of carbonyl (C=O) groups excluding carboxylic acids is 2. The van der Waals surface area contributed by atoms with E-state index in [9.17, 15) is 14.4 Å². The molecule has 10 nitrogen and oxygen atoms in total. The van der Waals surface area contributed by atoms with Crippen LogP contribution in [0.3, 0.4) is 0 Å². The van der Waals surface area contributed by atoms with Gasteiger partial charge in [0.25, 0.3) is 0 Å². The van der Waals surface area contributed by atoms with E-state index in [1.807, 2.05) is 0 Å². The van der Waals surface area contributed by atoms with Crippen LogP contribution in [0.5, 0.6) is 0 Å². The zero-order valence-electron chi connectivity index (χ0n) is 11.5. The van der Waals surface area contributed by atoms with Crippen molar-refractivity contribution in [1.29, 1.82) is 0 Å². The predicted molar refractivity (Wildman–Crippen MR) is 69.1 cm³/mol. The Morgan fingerprint density at radius 2 is 2.14 bits per heavy atom. The lowest BCUT2D eigenvalue weighted by Crippen LogP contribution is -2.46. The standard InChI is InChI=1S/C11H17N5O5/c1-6-14-9(21-16-6)4-5-13-11(20)15-7(10(18)19)2-3-8(12)17/h7H,2-5H2,1H3,(H2,12,17)(H,18,19)(H2,13,15,20)/t7-/m1/s1. The minimum atomic E-state index is -1.24. The highest BCUT2D eigenvalue weighted by molar-refractivity contribution is 5.83. The van der Waals surface area contributed by atoms with Crippen LogP contribution in [-0.2, 0) is 16.0 Å². The number of aromatic nitrogens is 2. The van der Waals surface area contributed by atoms with Crippen molar-refractivity contribution in [2.75, 3.05) is 6.54 Å². The first kappa shape index (κ1) is 16.4. The van der Waals surface area contributed by atoms with Crippen molar-refractivity contribution in [3.63, 3.8) is 0 Å². The van der Waals surface area contributed by atoms with Gasteiger partial charge in [-0.3, -0.25) is 4.79 Å². The van der Waals surface area contributed by atoms with E-state index >= 15 is 0 Å². The Morgan fingerprint density at radius 3 is 2.67 bits per heavy atom. The molecule has 1 aromatic heterocycles. The Bertz CT molecular complexity index is 515. The second kappa shape index (κ2) is 7.82. The maximum absolute atomic E-state index is 11.5. The van der Waals surface area contributed by atoms with Crippen LogP contribution in [-0.4, -0.2) is 45.7 Å². The third-order valence-electron chi connectivity index (χ3n) is 2.48. The Morgan fingerprint density at radius 1 is 1.43 bits per heavy atom. The Labute approximate surface area is 120 Å². The molecule has 0 saturated carbocycles. The number of nitrogens with zero attached hydrogens (tertiary/aromatic N) is 2. The number of aryl methyl sites for hydroxylation is 1. The largest absolute Gasteiger partial charge is 0.480 e. The zero-order valence-corrected chi connectivity index (χ0v) is 11.5. The molecule has 0 unspecified atom stereocenters. The lowest BCUT2D eigenvalue weighted by Gasteiger charge is -2.14. The minimum absolute atomic E-state index is 0.0685. The van der Waals surface area contributed by atoms with Gasteiger partial charge in [-0.25, -0.2) is 9.59 Å². The third-order valence-corrected chi connectivity index (χ3v) is 2.48. The summed E-state index contributed by atoms with van der Waals surface area (Å²) in [6.45, 7) is 1.87. The van der Waals surface area contributed by atoms with Crippen molar-refractivity contribution in [3.05, 3.63) is 11.7 Å². The summed E-state index contributed by atoms with van der Waals surface area (Å²) in [6.07, 6.45) is 0.132. The van der Waals surface area contributed by atoms with E-state index < -0.39 is 23.9 Å². The van der Waals surface area contributed by atoms with Gasteiger partial charge in [-0.15, -0.1) is 0 Å². The molecule has 116 valence electrons. The second-order valence-electron chi connectivity index (χ2n) is 4.28. The fraction of sp³-hybridized carbons (Fsp3) is 0.545. The molecular formula is C11H17N5O5. The molecule has 1 heterocycles. The smallest absolute Gasteiger partial charge is 0.326 e. The molecule has 0 bridgehead atoms. The molecule has 0 aliphatic heterocycles. The molecular weight excluding hydrogens is 282 g/mol. The summed E-state index contributed by atoms with van der Waals surface area (Å²) >= 11 is 0. The zero-order chi connectivity index (χ0) is 15.8. The highest BCUT2D eigenvalue weighted by Gasteiger charge is 2.20. The van der Waals surface area contributed by atoms with Crippen LogP contribution in [0.2, 0.25) is 0 Å². The highest BCUT2D eigenvalue weighted by atomic mass is 16.5. The summed E-state index contributed by atoms with van der Waals surface area (Å²) in [5.74, 6) is -1.00. The van der Waals surface area contributed by atoms with Gasteiger partial charge in [0.1, 0.15) is 6.04 Å². The lowest BCUT2D eigenvalue weighted by atomic mass is 10.1. The van der Waals surface area contributed by atoms with Gasteiger partial charge in [-0.1, -0.05) is 5.16 Å². The first-order chi connectivity index (χ1) is 9.88. The van der Waals surface area contributed by atoms with Crippen LogP contribution in [0.15, 0.2) is 4.52 Å². The summed E-state index contributed by atoms with van der Waals surface area (Å²) in [6, 6.07) is -1.84. The topological polar surface area (TPSA) is 160 Å². The third kappa shape index (κ3) is 6.36. The van der Waals surface area contributed by atoms with Crippen molar-refractivity contribution in [2.45, 2.75) is 32.2 Å². The van der Waals surface area contributed by atoms with E-state index in [0.29, 0.717) is 18.1 Å². The number of carboxylic acid groups (broad SMARTS) is 1. The van der Waals surface area contributed by atoms with E-state index in [2.05, 4.69) is 20.8 Å². The van der Waals surface area contributed by atoms with Crippen LogP contribution in [0.25, 0.3) is 0 Å². The average Bonchev–Trinajstić information content (AvgIpc) is 2.79. The summed E-state index contributed by atoms with van der Waals surface area (Å²) in [7, 11) is 0. The fourth-order valence-corrected chi connectivity index (χ4v) is 1.48. The van der Waals surface area contributed by atoms with Crippen molar-refractivity contribution in [3.8, 4) is 0 Å². The molecule has 0 aromatic carbocycles. The molecule has 10 heteroatoms. The number of urea groups is 1. The molecule has 0 fully saturated rings. The minimum Gasteiger partial charge on any atom is -0.480 e. The van der Waals surface area contributed by atoms with E-state index in [4.69, 9.17) is 15.4 Å². The number of carboxylic acids is 1. The molecule has 21 heavy (non-hydrogen) atoms.